The van der Waals surface area contributed by atoms with Crippen LogP contribution in [-0.2, 0) is 10.3 Å². The number of hydrogen-bond acceptors (Lipinski definition) is 5. The monoisotopic (exact) mass is 339 g/mol. The SMILES string of the molecule is C[C@@]1(c2cc([N+](=O)[O-])cc(F)c2F)C[C@@H](C(F)(F)F)OC(N)=N1. The molecule has 1 aliphatic rings. The van der Waals surface area contributed by atoms with E-state index >= 15 is 0 Å². The predicted octanol–water partition coefficient (Wildman–Crippen LogP) is 2.75. The lowest BCUT2D eigenvalue weighted by Crippen LogP contribution is -2.46. The number of ether oxygens (including phenoxy) is 1. The number of alkyl halides is 3. The Morgan fingerprint density at radius 1 is 1.43 bits per heavy atom. The molecule has 0 bridgehead atoms. The summed E-state index contributed by atoms with van der Waals surface area (Å²) in [5, 5.41) is 10.7. The van der Waals surface area contributed by atoms with Gasteiger partial charge in [-0.1, -0.05) is 0 Å². The summed E-state index contributed by atoms with van der Waals surface area (Å²) in [6.45, 7) is 1.06. The highest BCUT2D eigenvalue weighted by Crippen LogP contribution is 2.42. The lowest BCUT2D eigenvalue weighted by Gasteiger charge is -2.35. The van der Waals surface area contributed by atoms with Crippen molar-refractivity contribution in [2.24, 2.45) is 10.7 Å². The summed E-state index contributed by atoms with van der Waals surface area (Å²) in [7, 11) is 0. The maximum Gasteiger partial charge on any atom is 0.425 e. The Hall–Kier alpha value is -2.46. The second kappa shape index (κ2) is 5.32. The number of benzene rings is 1. The number of non-ortho nitro benzene ring substituents is 1. The molecule has 0 amide bonds. The van der Waals surface area contributed by atoms with Crippen molar-refractivity contribution in [3.8, 4) is 0 Å². The van der Waals surface area contributed by atoms with E-state index in [1.165, 1.54) is 0 Å². The zero-order chi connectivity index (χ0) is 17.6. The molecule has 6 nitrogen and oxygen atoms in total. The first-order chi connectivity index (χ1) is 10.4. The number of halogens is 5. The van der Waals surface area contributed by atoms with E-state index in [-0.39, 0.29) is 0 Å². The summed E-state index contributed by atoms with van der Waals surface area (Å²) >= 11 is 0. The van der Waals surface area contributed by atoms with Gasteiger partial charge in [0.15, 0.2) is 17.7 Å². The first kappa shape index (κ1) is 16.9. The van der Waals surface area contributed by atoms with Crippen molar-refractivity contribution < 1.29 is 31.6 Å². The molecule has 2 rings (SSSR count). The van der Waals surface area contributed by atoms with Crippen LogP contribution < -0.4 is 5.73 Å². The molecular formula is C12H10F5N3O3. The molecule has 126 valence electrons. The molecule has 0 saturated carbocycles. The Morgan fingerprint density at radius 3 is 2.57 bits per heavy atom. The molecule has 1 heterocycles. The standard InChI is InChI=1S/C12H10F5N3O3/c1-11(4-8(12(15,16)17)23-10(18)19-11)6-2-5(20(21)22)3-7(13)9(6)14/h2-3,8H,4H2,1H3,(H2,18,19)/t8-,11-/m0/s1. The Balaban J connectivity index is 2.59. The third kappa shape index (κ3) is 3.17. The Kier molecular flexibility index (Phi) is 3.91. The normalized spacial score (nSPS) is 24.8. The Labute approximate surface area is 125 Å². The van der Waals surface area contributed by atoms with E-state index in [0.29, 0.717) is 12.1 Å². The van der Waals surface area contributed by atoms with Gasteiger partial charge in [0.05, 0.1) is 16.5 Å². The lowest BCUT2D eigenvalue weighted by atomic mass is 9.85. The summed E-state index contributed by atoms with van der Waals surface area (Å²) in [5.74, 6) is -3.10. The molecule has 0 aliphatic carbocycles. The van der Waals surface area contributed by atoms with Crippen LogP contribution in [0.15, 0.2) is 17.1 Å². The fourth-order valence-electron chi connectivity index (χ4n) is 2.29. The highest BCUT2D eigenvalue weighted by atomic mass is 19.4. The van der Waals surface area contributed by atoms with Crippen molar-refractivity contribution in [1.29, 1.82) is 0 Å². The summed E-state index contributed by atoms with van der Waals surface area (Å²) in [6, 6.07) is 0.0939. The number of hydrogen-bond donors (Lipinski definition) is 1. The van der Waals surface area contributed by atoms with Gasteiger partial charge in [-0.15, -0.1) is 0 Å². The van der Waals surface area contributed by atoms with Crippen LogP contribution in [0.25, 0.3) is 0 Å². The number of nitrogens with two attached hydrogens (primary N) is 1. The molecule has 0 saturated heterocycles. The summed E-state index contributed by atoms with van der Waals surface area (Å²) in [6.07, 6.45) is -8.13. The summed E-state index contributed by atoms with van der Waals surface area (Å²) in [5.41, 5.74) is 1.71. The van der Waals surface area contributed by atoms with Gasteiger partial charge in [0, 0.05) is 18.1 Å². The molecule has 11 heteroatoms. The van der Waals surface area contributed by atoms with Crippen LogP contribution in [0.4, 0.5) is 27.6 Å². The Morgan fingerprint density at radius 2 is 2.04 bits per heavy atom. The number of nitro groups is 1. The van der Waals surface area contributed by atoms with Crippen LogP contribution in [0.2, 0.25) is 0 Å². The van der Waals surface area contributed by atoms with Crippen molar-refractivity contribution >= 4 is 11.7 Å². The second-order valence-electron chi connectivity index (χ2n) is 5.12. The maximum atomic E-state index is 14.0. The van der Waals surface area contributed by atoms with Crippen LogP contribution in [0, 0.1) is 21.7 Å². The van der Waals surface area contributed by atoms with E-state index in [1.54, 1.807) is 0 Å². The lowest BCUT2D eigenvalue weighted by molar-refractivity contribution is -0.385. The van der Waals surface area contributed by atoms with Gasteiger partial charge in [-0.25, -0.2) is 13.8 Å². The summed E-state index contributed by atoms with van der Waals surface area (Å²) in [4.78, 5) is 13.3. The Bertz CT molecular complexity index is 691. The van der Waals surface area contributed by atoms with Gasteiger partial charge in [0.2, 0.25) is 0 Å². The minimum absolute atomic E-state index is 0.329. The quantitative estimate of drug-likeness (QED) is 0.509. The molecule has 0 spiro atoms. The molecule has 0 unspecified atom stereocenters. The molecule has 0 fully saturated rings. The first-order valence-electron chi connectivity index (χ1n) is 6.16. The van der Waals surface area contributed by atoms with Gasteiger partial charge < -0.3 is 10.5 Å². The van der Waals surface area contributed by atoms with E-state index in [4.69, 9.17) is 5.73 Å². The topological polar surface area (TPSA) is 90.8 Å². The third-order valence-electron chi connectivity index (χ3n) is 3.37. The highest BCUT2D eigenvalue weighted by Gasteiger charge is 2.50. The van der Waals surface area contributed by atoms with Gasteiger partial charge in [-0.2, -0.15) is 13.2 Å². The second-order valence-corrected chi connectivity index (χ2v) is 5.12. The van der Waals surface area contributed by atoms with E-state index in [0.717, 1.165) is 6.92 Å². The highest BCUT2D eigenvalue weighted by molar-refractivity contribution is 5.73. The van der Waals surface area contributed by atoms with Crippen LogP contribution in [0.1, 0.15) is 18.9 Å². The minimum Gasteiger partial charge on any atom is -0.452 e. The van der Waals surface area contributed by atoms with Crippen LogP contribution in [0.5, 0.6) is 0 Å². The smallest absolute Gasteiger partial charge is 0.425 e. The van der Waals surface area contributed by atoms with E-state index < -0.39 is 58.1 Å². The van der Waals surface area contributed by atoms with Crippen molar-refractivity contribution in [2.45, 2.75) is 31.2 Å². The van der Waals surface area contributed by atoms with Crippen LogP contribution in [0.3, 0.4) is 0 Å². The largest absolute Gasteiger partial charge is 0.452 e. The summed E-state index contributed by atoms with van der Waals surface area (Å²) < 4.78 is 70.5. The predicted molar refractivity (Wildman–Crippen MR) is 67.5 cm³/mol. The number of amidine groups is 1. The fourth-order valence-corrected chi connectivity index (χ4v) is 2.29. The fraction of sp³-hybridized carbons (Fsp3) is 0.417. The number of nitro benzene ring substituents is 1. The van der Waals surface area contributed by atoms with Crippen LogP contribution >= 0.6 is 0 Å². The van der Waals surface area contributed by atoms with Gasteiger partial charge in [-0.05, 0) is 6.92 Å². The average molecular weight is 339 g/mol. The number of aliphatic imine (C=N–C) groups is 1. The molecular weight excluding hydrogens is 329 g/mol. The van der Waals surface area contributed by atoms with E-state index in [9.17, 15) is 32.1 Å². The van der Waals surface area contributed by atoms with Crippen LogP contribution in [-0.4, -0.2) is 23.2 Å². The van der Waals surface area contributed by atoms with Gasteiger partial charge in [0.1, 0.15) is 0 Å². The van der Waals surface area contributed by atoms with Crippen molar-refractivity contribution in [3.63, 3.8) is 0 Å². The van der Waals surface area contributed by atoms with Crippen molar-refractivity contribution in [2.75, 3.05) is 0 Å². The maximum absolute atomic E-state index is 14.0. The number of rotatable bonds is 2. The molecule has 1 aliphatic heterocycles. The molecule has 1 aromatic carbocycles. The molecule has 0 aromatic heterocycles. The first-order valence-corrected chi connectivity index (χ1v) is 6.16. The third-order valence-corrected chi connectivity index (χ3v) is 3.37. The molecule has 2 atom stereocenters. The zero-order valence-electron chi connectivity index (χ0n) is 11.5. The van der Waals surface area contributed by atoms with Crippen molar-refractivity contribution in [1.82, 2.24) is 0 Å². The zero-order valence-corrected chi connectivity index (χ0v) is 11.5. The van der Waals surface area contributed by atoms with Gasteiger partial charge >= 0.3 is 6.18 Å². The van der Waals surface area contributed by atoms with E-state index in [1.807, 2.05) is 0 Å². The molecule has 2 N–H and O–H groups in total. The number of nitrogens with zero attached hydrogens (tertiary/aromatic N) is 2. The molecule has 1 aromatic rings. The van der Waals surface area contributed by atoms with Gasteiger partial charge in [-0.3, -0.25) is 10.1 Å². The van der Waals surface area contributed by atoms with Crippen molar-refractivity contribution in [3.05, 3.63) is 39.4 Å². The van der Waals surface area contributed by atoms with E-state index in [2.05, 4.69) is 9.73 Å². The molecule has 0 radical (unpaired) electrons. The molecule has 23 heavy (non-hydrogen) atoms. The van der Waals surface area contributed by atoms with Gasteiger partial charge in [0.25, 0.3) is 11.7 Å². The minimum atomic E-state index is -4.82. The average Bonchev–Trinajstić information content (AvgIpc) is 2.39.